The molecule has 2 aromatic rings. The van der Waals surface area contributed by atoms with Gasteiger partial charge < -0.3 is 9.73 Å². The number of benzene rings is 1. The van der Waals surface area contributed by atoms with Crippen molar-refractivity contribution in [2.45, 2.75) is 18.6 Å². The summed E-state index contributed by atoms with van der Waals surface area (Å²) in [5, 5.41) is 2.88. The van der Waals surface area contributed by atoms with Gasteiger partial charge in [0.25, 0.3) is 10.0 Å². The Labute approximate surface area is 127 Å². The normalized spacial score (nSPS) is 11.6. The largest absolute Gasteiger partial charge is 0.446 e. The first kappa shape index (κ1) is 15.8. The van der Waals surface area contributed by atoms with Gasteiger partial charge in [-0.15, -0.1) is 0 Å². The van der Waals surface area contributed by atoms with Crippen LogP contribution in [0.1, 0.15) is 12.7 Å². The van der Waals surface area contributed by atoms with E-state index in [-0.39, 0.29) is 15.8 Å². The predicted molar refractivity (Wildman–Crippen MR) is 78.3 cm³/mol. The van der Waals surface area contributed by atoms with Gasteiger partial charge in [-0.2, -0.15) is 8.42 Å². The second kappa shape index (κ2) is 6.46. The molecule has 0 aliphatic heterocycles. The Hall–Kier alpha value is -1.57. The fraction of sp³-hybridized carbons (Fsp3) is 0.231. The highest BCUT2D eigenvalue weighted by Crippen LogP contribution is 2.22. The third-order valence-corrected chi connectivity index (χ3v) is 4.04. The van der Waals surface area contributed by atoms with Crippen LogP contribution in [0.2, 0.25) is 5.02 Å². The maximum absolute atomic E-state index is 13.2. The molecule has 1 heterocycles. The third-order valence-electron chi connectivity index (χ3n) is 2.57. The van der Waals surface area contributed by atoms with E-state index in [4.69, 9.17) is 16.0 Å². The molecule has 1 aromatic heterocycles. The van der Waals surface area contributed by atoms with Crippen molar-refractivity contribution in [3.05, 3.63) is 46.9 Å². The average molecular weight is 333 g/mol. The van der Waals surface area contributed by atoms with Crippen LogP contribution in [0, 0.1) is 5.82 Å². The lowest BCUT2D eigenvalue weighted by atomic mass is 10.3. The van der Waals surface area contributed by atoms with Gasteiger partial charge in [0.1, 0.15) is 11.6 Å². The minimum atomic E-state index is -3.92. The minimum Gasteiger partial charge on any atom is -0.446 e. The molecule has 0 aliphatic carbocycles. The summed E-state index contributed by atoms with van der Waals surface area (Å²) in [7, 11) is -3.92. The van der Waals surface area contributed by atoms with E-state index in [0.29, 0.717) is 12.3 Å². The smallest absolute Gasteiger partial charge is 0.295 e. The van der Waals surface area contributed by atoms with E-state index in [1.54, 1.807) is 6.07 Å². The van der Waals surface area contributed by atoms with Gasteiger partial charge in [0.15, 0.2) is 0 Å². The Morgan fingerprint density at radius 2 is 2.05 bits per heavy atom. The van der Waals surface area contributed by atoms with Crippen molar-refractivity contribution in [1.82, 2.24) is 5.32 Å². The summed E-state index contributed by atoms with van der Waals surface area (Å²) in [4.78, 5) is 0. The van der Waals surface area contributed by atoms with Crippen LogP contribution >= 0.6 is 11.6 Å². The summed E-state index contributed by atoms with van der Waals surface area (Å²) < 4.78 is 44.9. The molecule has 2 rings (SSSR count). The van der Waals surface area contributed by atoms with Crippen LogP contribution in [0.5, 0.6) is 0 Å². The van der Waals surface area contributed by atoms with E-state index in [1.807, 2.05) is 6.92 Å². The van der Waals surface area contributed by atoms with Gasteiger partial charge in [-0.1, -0.05) is 18.5 Å². The number of nitrogens with one attached hydrogen (secondary N) is 2. The molecule has 0 fully saturated rings. The van der Waals surface area contributed by atoms with E-state index in [0.717, 1.165) is 18.7 Å². The molecular weight excluding hydrogens is 319 g/mol. The first-order valence-corrected chi connectivity index (χ1v) is 8.05. The van der Waals surface area contributed by atoms with Gasteiger partial charge >= 0.3 is 0 Å². The van der Waals surface area contributed by atoms with Crippen molar-refractivity contribution in [3.8, 4) is 0 Å². The van der Waals surface area contributed by atoms with Crippen LogP contribution in [0.15, 0.2) is 39.8 Å². The van der Waals surface area contributed by atoms with Crippen molar-refractivity contribution in [2.75, 3.05) is 11.3 Å². The lowest BCUT2D eigenvalue weighted by molar-refractivity contribution is 0.405. The molecule has 0 atom stereocenters. The first-order chi connectivity index (χ1) is 9.90. The number of anilines is 1. The minimum absolute atomic E-state index is 0.0321. The highest BCUT2D eigenvalue weighted by Gasteiger charge is 2.19. The number of hydrogen-bond acceptors (Lipinski definition) is 4. The number of sulfonamides is 1. The fourth-order valence-corrected chi connectivity index (χ4v) is 2.88. The SMILES string of the molecule is CCNCc1ccc(S(=O)(=O)Nc2cc(F)cc(Cl)c2)o1. The van der Waals surface area contributed by atoms with Crippen LogP contribution in [0.4, 0.5) is 10.1 Å². The van der Waals surface area contributed by atoms with Crippen molar-refractivity contribution < 1.29 is 17.2 Å². The molecule has 8 heteroatoms. The van der Waals surface area contributed by atoms with Crippen molar-refractivity contribution in [3.63, 3.8) is 0 Å². The zero-order valence-corrected chi connectivity index (χ0v) is 12.8. The molecular formula is C13H14ClFN2O3S. The van der Waals surface area contributed by atoms with E-state index in [9.17, 15) is 12.8 Å². The van der Waals surface area contributed by atoms with Gasteiger partial charge in [-0.25, -0.2) is 4.39 Å². The number of furan rings is 1. The Balaban J connectivity index is 2.19. The van der Waals surface area contributed by atoms with Crippen LogP contribution in [-0.2, 0) is 16.6 Å². The standard InChI is InChI=1S/C13H14ClFN2O3S/c1-2-16-8-12-3-4-13(20-12)21(18,19)17-11-6-9(14)5-10(15)7-11/h3-7,16-17H,2,8H2,1H3. The van der Waals surface area contributed by atoms with Crippen LogP contribution in [0.25, 0.3) is 0 Å². The molecule has 1 aromatic carbocycles. The summed E-state index contributed by atoms with van der Waals surface area (Å²) in [6.07, 6.45) is 0. The summed E-state index contributed by atoms with van der Waals surface area (Å²) in [6, 6.07) is 6.34. The van der Waals surface area contributed by atoms with Gasteiger partial charge in [-0.3, -0.25) is 4.72 Å². The zero-order chi connectivity index (χ0) is 15.5. The number of rotatable bonds is 6. The first-order valence-electron chi connectivity index (χ1n) is 6.19. The van der Waals surface area contributed by atoms with Crippen LogP contribution < -0.4 is 10.0 Å². The molecule has 0 radical (unpaired) electrons. The van der Waals surface area contributed by atoms with Crippen LogP contribution in [-0.4, -0.2) is 15.0 Å². The molecule has 0 unspecified atom stereocenters. The lowest BCUT2D eigenvalue weighted by Gasteiger charge is -2.06. The van der Waals surface area contributed by atoms with E-state index < -0.39 is 15.8 Å². The monoisotopic (exact) mass is 332 g/mol. The zero-order valence-electron chi connectivity index (χ0n) is 11.2. The molecule has 0 saturated heterocycles. The number of hydrogen-bond donors (Lipinski definition) is 2. The van der Waals surface area contributed by atoms with Crippen LogP contribution in [0.3, 0.4) is 0 Å². The van der Waals surface area contributed by atoms with Gasteiger partial charge in [0, 0.05) is 5.02 Å². The fourth-order valence-electron chi connectivity index (χ4n) is 1.66. The van der Waals surface area contributed by atoms with E-state index >= 15 is 0 Å². The second-order valence-corrected chi connectivity index (χ2v) is 6.31. The number of halogens is 2. The van der Waals surface area contributed by atoms with Gasteiger partial charge in [0.2, 0.25) is 5.09 Å². The molecule has 2 N–H and O–H groups in total. The molecule has 0 aliphatic rings. The van der Waals surface area contributed by atoms with Gasteiger partial charge in [-0.05, 0) is 36.9 Å². The topological polar surface area (TPSA) is 71.3 Å². The van der Waals surface area contributed by atoms with E-state index in [2.05, 4.69) is 10.0 Å². The molecule has 21 heavy (non-hydrogen) atoms. The highest BCUT2D eigenvalue weighted by atomic mass is 35.5. The maximum Gasteiger partial charge on any atom is 0.295 e. The maximum atomic E-state index is 13.2. The Kier molecular flexibility index (Phi) is 4.87. The molecule has 0 saturated carbocycles. The molecule has 0 amide bonds. The third kappa shape index (κ3) is 4.20. The summed E-state index contributed by atoms with van der Waals surface area (Å²) >= 11 is 5.68. The molecule has 0 bridgehead atoms. The van der Waals surface area contributed by atoms with Gasteiger partial charge in [0.05, 0.1) is 12.2 Å². The van der Waals surface area contributed by atoms with E-state index in [1.165, 1.54) is 12.1 Å². The molecule has 5 nitrogen and oxygen atoms in total. The average Bonchev–Trinajstić information content (AvgIpc) is 2.84. The van der Waals surface area contributed by atoms with Crippen molar-refractivity contribution in [1.29, 1.82) is 0 Å². The second-order valence-electron chi connectivity index (χ2n) is 4.26. The predicted octanol–water partition coefficient (Wildman–Crippen LogP) is 2.98. The Morgan fingerprint density at radius 1 is 1.29 bits per heavy atom. The van der Waals surface area contributed by atoms with Crippen molar-refractivity contribution >= 4 is 27.3 Å². The summed E-state index contributed by atoms with van der Waals surface area (Å²) in [5.41, 5.74) is 0.0321. The summed E-state index contributed by atoms with van der Waals surface area (Å²) in [6.45, 7) is 3.09. The Morgan fingerprint density at radius 3 is 2.71 bits per heavy atom. The van der Waals surface area contributed by atoms with Crippen molar-refractivity contribution in [2.24, 2.45) is 0 Å². The molecule has 114 valence electrons. The Bertz CT molecular complexity index is 711. The lowest BCUT2D eigenvalue weighted by Crippen LogP contribution is -2.13. The summed E-state index contributed by atoms with van der Waals surface area (Å²) in [5.74, 6) is -0.137. The molecule has 0 spiro atoms. The highest BCUT2D eigenvalue weighted by molar-refractivity contribution is 7.92. The quantitative estimate of drug-likeness (QED) is 0.853.